The Morgan fingerprint density at radius 2 is 2.15 bits per heavy atom. The molecule has 3 N–H and O–H groups in total. The van der Waals surface area contributed by atoms with E-state index in [1.165, 1.54) is 6.92 Å². The van der Waals surface area contributed by atoms with Gasteiger partial charge < -0.3 is 39.1 Å². The number of aliphatic hydroxyl groups excluding tert-OH is 1. The minimum Gasteiger partial charge on any atom is -0.456 e. The Morgan fingerprint density at radius 3 is 2.97 bits per heavy atom. The molecule has 1 aliphatic carbocycles. The fourth-order valence-electron chi connectivity index (χ4n) is 5.30. The van der Waals surface area contributed by atoms with Gasteiger partial charge in [0.15, 0.2) is 11.8 Å². The van der Waals surface area contributed by atoms with E-state index in [1.807, 2.05) is 0 Å². The van der Waals surface area contributed by atoms with Crippen LogP contribution in [0.25, 0.3) is 11.2 Å². The first-order valence-corrected chi connectivity index (χ1v) is 11.4. The predicted octanol–water partition coefficient (Wildman–Crippen LogP) is 0.428. The molecule has 4 atom stereocenters. The number of aromatic amines is 1. The Morgan fingerprint density at radius 1 is 1.33 bits per heavy atom. The van der Waals surface area contributed by atoms with Gasteiger partial charge in [0, 0.05) is 26.3 Å². The van der Waals surface area contributed by atoms with Crippen molar-refractivity contribution in [1.82, 2.24) is 20.3 Å². The highest BCUT2D eigenvalue weighted by Crippen LogP contribution is 2.60. The van der Waals surface area contributed by atoms with Gasteiger partial charge in [0.25, 0.3) is 6.01 Å². The number of fused-ring (bicyclic) bond motifs is 3. The van der Waals surface area contributed by atoms with E-state index in [0.717, 1.165) is 0 Å². The van der Waals surface area contributed by atoms with Crippen molar-refractivity contribution >= 4 is 28.7 Å². The maximum atomic E-state index is 11.0. The summed E-state index contributed by atoms with van der Waals surface area (Å²) >= 11 is 6.59. The highest BCUT2D eigenvalue weighted by Gasteiger charge is 2.65. The summed E-state index contributed by atoms with van der Waals surface area (Å²) in [6.45, 7) is 3.36. The van der Waals surface area contributed by atoms with Crippen LogP contribution in [0.15, 0.2) is 6.07 Å². The largest absolute Gasteiger partial charge is 0.456 e. The van der Waals surface area contributed by atoms with Gasteiger partial charge in [0.05, 0.1) is 48.3 Å². The Bertz CT molecular complexity index is 1090. The number of halogens is 1. The van der Waals surface area contributed by atoms with Crippen molar-refractivity contribution in [3.8, 4) is 6.01 Å². The van der Waals surface area contributed by atoms with Crippen molar-refractivity contribution in [3.05, 3.63) is 16.8 Å². The van der Waals surface area contributed by atoms with Gasteiger partial charge >= 0.3 is 0 Å². The van der Waals surface area contributed by atoms with Crippen LogP contribution in [0.2, 0.25) is 5.02 Å². The van der Waals surface area contributed by atoms with Crippen molar-refractivity contribution in [2.24, 2.45) is 0 Å². The molecule has 11 nitrogen and oxygen atoms in total. The maximum Gasteiger partial charge on any atom is 0.296 e. The zero-order valence-corrected chi connectivity index (χ0v) is 18.8. The molecule has 0 spiro atoms. The fourth-order valence-corrected chi connectivity index (χ4v) is 5.62. The minimum atomic E-state index is -0.642. The lowest BCUT2D eigenvalue weighted by Gasteiger charge is -2.43. The average molecular weight is 481 g/mol. The van der Waals surface area contributed by atoms with Gasteiger partial charge in [-0.25, -0.2) is 4.98 Å². The number of nitrogens with one attached hydrogen (secondary N) is 2. The lowest BCUT2D eigenvalue weighted by Crippen LogP contribution is -2.50. The standard InChI is InChI=1S/C21H25ClN4O7/c1-10(27)23-2-3-31-20-7-21(8-20,32-9-20)17-11(22)4-12-18(25-17)26-19(24-12)33-14-6-30-15-13(28)5-29-16(14)15/h4,13-16,28H,2-3,5-9H2,1H3,(H,23,27)(H,24,25,26)/t13-,14-,15-,16-,20?,21?/m1/s1. The summed E-state index contributed by atoms with van der Waals surface area (Å²) < 4.78 is 29.3. The van der Waals surface area contributed by atoms with Crippen molar-refractivity contribution in [1.29, 1.82) is 0 Å². The Balaban J connectivity index is 1.15. The number of carbonyl (C=O) groups excluding carboxylic acids is 1. The third-order valence-electron chi connectivity index (χ3n) is 6.79. The smallest absolute Gasteiger partial charge is 0.296 e. The summed E-state index contributed by atoms with van der Waals surface area (Å²) in [5, 5.41) is 13.1. The van der Waals surface area contributed by atoms with Crippen LogP contribution in [0.3, 0.4) is 0 Å². The number of carbonyl (C=O) groups is 1. The zero-order valence-electron chi connectivity index (χ0n) is 18.0. The number of aromatic nitrogens is 3. The van der Waals surface area contributed by atoms with E-state index < -0.39 is 11.7 Å². The molecule has 4 saturated heterocycles. The van der Waals surface area contributed by atoms with Gasteiger partial charge in [-0.05, 0) is 6.07 Å². The first-order chi connectivity index (χ1) is 15.9. The number of pyridine rings is 1. The molecule has 2 aromatic heterocycles. The van der Waals surface area contributed by atoms with E-state index in [1.54, 1.807) is 6.07 Å². The first-order valence-electron chi connectivity index (χ1n) is 11.0. The summed E-state index contributed by atoms with van der Waals surface area (Å²) in [5.74, 6) is -0.0815. The molecule has 2 bridgehead atoms. The zero-order chi connectivity index (χ0) is 22.8. The molecule has 2 aromatic rings. The highest BCUT2D eigenvalue weighted by molar-refractivity contribution is 6.31. The molecule has 5 fully saturated rings. The molecule has 0 aromatic carbocycles. The van der Waals surface area contributed by atoms with Crippen molar-refractivity contribution < 1.29 is 33.6 Å². The van der Waals surface area contributed by atoms with Crippen LogP contribution < -0.4 is 10.1 Å². The van der Waals surface area contributed by atoms with Crippen LogP contribution in [0.5, 0.6) is 6.01 Å². The highest BCUT2D eigenvalue weighted by atomic mass is 35.5. The van der Waals surface area contributed by atoms with Crippen LogP contribution in [-0.4, -0.2) is 89.0 Å². The number of hydrogen-bond donors (Lipinski definition) is 3. The lowest BCUT2D eigenvalue weighted by molar-refractivity contribution is -0.122. The average Bonchev–Trinajstić information content (AvgIpc) is 3.53. The first kappa shape index (κ1) is 21.5. The number of hydrogen-bond acceptors (Lipinski definition) is 9. The molecular formula is C21H25ClN4O7. The number of imidazole rings is 1. The third kappa shape index (κ3) is 3.58. The van der Waals surface area contributed by atoms with Gasteiger partial charge in [0.1, 0.15) is 23.9 Å². The van der Waals surface area contributed by atoms with E-state index in [-0.39, 0.29) is 36.4 Å². The van der Waals surface area contributed by atoms with Gasteiger partial charge in [-0.2, -0.15) is 4.98 Å². The van der Waals surface area contributed by atoms with Crippen LogP contribution >= 0.6 is 11.6 Å². The van der Waals surface area contributed by atoms with Gasteiger partial charge in [-0.1, -0.05) is 11.6 Å². The molecule has 0 unspecified atom stereocenters. The topological polar surface area (TPSA) is 137 Å². The number of H-pyrrole nitrogens is 1. The van der Waals surface area contributed by atoms with Gasteiger partial charge in [-0.3, -0.25) is 4.79 Å². The molecule has 33 heavy (non-hydrogen) atoms. The second-order valence-corrected chi connectivity index (χ2v) is 9.61. The second-order valence-electron chi connectivity index (χ2n) is 9.20. The van der Waals surface area contributed by atoms with E-state index in [9.17, 15) is 9.90 Å². The summed E-state index contributed by atoms with van der Waals surface area (Å²) in [5.41, 5.74) is 0.789. The molecule has 1 amide bonds. The van der Waals surface area contributed by atoms with Crippen LogP contribution in [0.4, 0.5) is 0 Å². The van der Waals surface area contributed by atoms with E-state index in [0.29, 0.717) is 67.1 Å². The summed E-state index contributed by atoms with van der Waals surface area (Å²) in [7, 11) is 0. The number of rotatable bonds is 7. The summed E-state index contributed by atoms with van der Waals surface area (Å²) in [6, 6.07) is 2.07. The molecular weight excluding hydrogens is 456 g/mol. The molecule has 6 heterocycles. The summed E-state index contributed by atoms with van der Waals surface area (Å²) in [4.78, 5) is 23.3. The fraction of sp³-hybridized carbons (Fsp3) is 0.667. The maximum absolute atomic E-state index is 11.0. The van der Waals surface area contributed by atoms with Gasteiger partial charge in [-0.15, -0.1) is 0 Å². The number of amides is 1. The van der Waals surface area contributed by atoms with Crippen molar-refractivity contribution in [2.45, 2.75) is 55.4 Å². The van der Waals surface area contributed by atoms with E-state index in [4.69, 9.17) is 40.3 Å². The molecule has 178 valence electrons. The normalized spacial score (nSPS) is 36.7. The molecule has 0 radical (unpaired) electrons. The third-order valence-corrected chi connectivity index (χ3v) is 7.08. The van der Waals surface area contributed by atoms with E-state index in [2.05, 4.69) is 15.3 Å². The molecule has 5 aliphatic rings. The quantitative estimate of drug-likeness (QED) is 0.481. The minimum absolute atomic E-state index is 0.0815. The molecule has 1 saturated carbocycles. The Kier molecular flexibility index (Phi) is 5.05. The number of nitrogens with zero attached hydrogens (tertiary/aromatic N) is 2. The lowest BCUT2D eigenvalue weighted by atomic mass is 9.69. The SMILES string of the molecule is CC(=O)NCCOC12COC(c3nc4nc(O[C@@H]5CO[C@H]6[C@@H]5OC[C@H]6O)[nH]c4cc3Cl)(C1)C2. The van der Waals surface area contributed by atoms with Crippen LogP contribution in [-0.2, 0) is 29.3 Å². The molecule has 12 heteroatoms. The van der Waals surface area contributed by atoms with E-state index >= 15 is 0 Å². The second kappa shape index (κ2) is 7.76. The number of ether oxygens (including phenoxy) is 5. The predicted molar refractivity (Wildman–Crippen MR) is 113 cm³/mol. The van der Waals surface area contributed by atoms with Gasteiger partial charge in [0.2, 0.25) is 5.91 Å². The van der Waals surface area contributed by atoms with Crippen LogP contribution in [0, 0.1) is 0 Å². The monoisotopic (exact) mass is 480 g/mol. The van der Waals surface area contributed by atoms with Crippen LogP contribution in [0.1, 0.15) is 25.5 Å². The Hall–Kier alpha value is -2.02. The molecule has 4 aliphatic heterocycles. The van der Waals surface area contributed by atoms with Crippen molar-refractivity contribution in [3.63, 3.8) is 0 Å². The van der Waals surface area contributed by atoms with Crippen molar-refractivity contribution in [2.75, 3.05) is 33.0 Å². The Labute approximate surface area is 194 Å². The molecule has 7 rings (SSSR count). The summed E-state index contributed by atoms with van der Waals surface area (Å²) in [6.07, 6.45) is -0.433. The number of aliphatic hydroxyl groups is 1.